The van der Waals surface area contributed by atoms with Crippen molar-refractivity contribution in [3.63, 3.8) is 0 Å². The minimum absolute atomic E-state index is 0.958. The fourth-order valence-electron chi connectivity index (χ4n) is 0.841. The van der Waals surface area contributed by atoms with E-state index in [9.17, 15) is 0 Å². The fourth-order valence-corrected chi connectivity index (χ4v) is 0.841. The first-order chi connectivity index (χ1) is 5.86. The minimum Gasteiger partial charge on any atom is -0.0775 e. The van der Waals surface area contributed by atoms with Crippen LogP contribution >= 0.6 is 0 Å². The van der Waals surface area contributed by atoms with Crippen LogP contribution < -0.4 is 10.4 Å². The molecule has 0 unspecified atom stereocenters. The van der Waals surface area contributed by atoms with Gasteiger partial charge in [-0.1, -0.05) is 22.9 Å². The maximum absolute atomic E-state index is 3.44. The molecule has 1 aromatic carbocycles. The van der Waals surface area contributed by atoms with Gasteiger partial charge in [0, 0.05) is 10.4 Å². The van der Waals surface area contributed by atoms with Gasteiger partial charge < -0.3 is 0 Å². The molecule has 1 aromatic rings. The van der Waals surface area contributed by atoms with Crippen molar-refractivity contribution in [2.24, 2.45) is 0 Å². The van der Waals surface area contributed by atoms with Crippen LogP contribution in [-0.4, -0.2) is 0 Å². The predicted octanol–water partition coefficient (Wildman–Crippen LogP) is 1.13. The van der Waals surface area contributed by atoms with Crippen LogP contribution in [0.25, 0.3) is 11.5 Å². The molecular formula is C12H8. The van der Waals surface area contributed by atoms with E-state index in [0.29, 0.717) is 0 Å². The molecular weight excluding hydrogens is 144 g/mol. The Bertz CT molecular complexity index is 425. The zero-order valence-electron chi connectivity index (χ0n) is 6.72. The zero-order chi connectivity index (χ0) is 8.81. The van der Waals surface area contributed by atoms with Gasteiger partial charge in [0.15, 0.2) is 0 Å². The summed E-state index contributed by atoms with van der Waals surface area (Å²) in [6, 6.07) is 7.66. The van der Waals surface area contributed by atoms with Crippen LogP contribution in [0.3, 0.4) is 0 Å². The van der Waals surface area contributed by atoms with E-state index in [2.05, 4.69) is 36.1 Å². The molecule has 0 atom stereocenters. The molecule has 0 aliphatic rings. The van der Waals surface area contributed by atoms with Crippen molar-refractivity contribution >= 4 is 11.5 Å². The summed E-state index contributed by atoms with van der Waals surface area (Å²) >= 11 is 0. The highest BCUT2D eigenvalue weighted by atomic mass is 13.8. The third kappa shape index (κ3) is 2.04. The summed E-state index contributed by atoms with van der Waals surface area (Å²) in [5.41, 5.74) is 10.9. The smallest absolute Gasteiger partial charge is 0.0249 e. The molecule has 0 saturated heterocycles. The van der Waals surface area contributed by atoms with E-state index < -0.39 is 0 Å². The van der Waals surface area contributed by atoms with Crippen molar-refractivity contribution < 1.29 is 0 Å². The lowest BCUT2D eigenvalue weighted by molar-refractivity contribution is 1.56. The lowest BCUT2D eigenvalue weighted by Gasteiger charge is -1.78. The number of hydrogen-bond acceptors (Lipinski definition) is 0. The molecule has 0 nitrogen and oxygen atoms in total. The van der Waals surface area contributed by atoms with Gasteiger partial charge >= 0.3 is 0 Å². The van der Waals surface area contributed by atoms with Gasteiger partial charge in [0.1, 0.15) is 0 Å². The van der Waals surface area contributed by atoms with Crippen LogP contribution in [0, 0.1) is 0 Å². The molecule has 0 bridgehead atoms. The largest absolute Gasteiger partial charge is 0.0775 e. The topological polar surface area (TPSA) is 0 Å². The average Bonchev–Trinajstić information content (AvgIpc) is 2.09. The first kappa shape index (κ1) is 8.18. The van der Waals surface area contributed by atoms with Gasteiger partial charge in [-0.15, -0.1) is 0 Å². The van der Waals surface area contributed by atoms with Gasteiger partial charge in [0.25, 0.3) is 0 Å². The van der Waals surface area contributed by atoms with Gasteiger partial charge in [-0.3, -0.25) is 0 Å². The van der Waals surface area contributed by atoms with Crippen LogP contribution in [-0.2, 0) is 0 Å². The summed E-state index contributed by atoms with van der Waals surface area (Å²) in [4.78, 5) is 0. The van der Waals surface area contributed by atoms with E-state index in [1.54, 1.807) is 0 Å². The average molecular weight is 152 g/mol. The lowest BCUT2D eigenvalue weighted by Crippen LogP contribution is -2.03. The van der Waals surface area contributed by atoms with E-state index in [0.717, 1.165) is 10.4 Å². The minimum atomic E-state index is 0.958. The molecule has 0 aromatic heterocycles. The first-order valence-electron chi connectivity index (χ1n) is 3.53. The highest BCUT2D eigenvalue weighted by Gasteiger charge is 1.75. The molecule has 0 amide bonds. The third-order valence-corrected chi connectivity index (χ3v) is 1.35. The molecule has 12 heavy (non-hydrogen) atoms. The molecule has 0 heterocycles. The summed E-state index contributed by atoms with van der Waals surface area (Å²) < 4.78 is 0. The Balaban J connectivity index is 3.58. The van der Waals surface area contributed by atoms with Crippen LogP contribution in [0.5, 0.6) is 0 Å². The van der Waals surface area contributed by atoms with Gasteiger partial charge in [-0.25, -0.2) is 0 Å². The van der Waals surface area contributed by atoms with Crippen molar-refractivity contribution in [1.29, 1.82) is 0 Å². The van der Waals surface area contributed by atoms with Crippen molar-refractivity contribution in [2.45, 2.75) is 0 Å². The Morgan fingerprint density at radius 1 is 0.750 bits per heavy atom. The predicted molar refractivity (Wildman–Crippen MR) is 50.8 cm³/mol. The SMILES string of the molecule is C=C=C=c1ccc(=C=C=C)cc1. The highest BCUT2D eigenvalue weighted by Crippen LogP contribution is 1.66. The van der Waals surface area contributed by atoms with Crippen molar-refractivity contribution in [1.82, 2.24) is 0 Å². The molecule has 0 aliphatic carbocycles. The summed E-state index contributed by atoms with van der Waals surface area (Å²) in [7, 11) is 0. The van der Waals surface area contributed by atoms with E-state index >= 15 is 0 Å². The van der Waals surface area contributed by atoms with Crippen molar-refractivity contribution in [3.05, 3.63) is 59.3 Å². The maximum atomic E-state index is 3.44. The summed E-state index contributed by atoms with van der Waals surface area (Å²) in [6.07, 6.45) is 0. The van der Waals surface area contributed by atoms with E-state index in [4.69, 9.17) is 0 Å². The Kier molecular flexibility index (Phi) is 2.77. The second-order valence-corrected chi connectivity index (χ2v) is 2.18. The van der Waals surface area contributed by atoms with Crippen molar-refractivity contribution in [3.8, 4) is 0 Å². The molecule has 1 rings (SSSR count). The second kappa shape index (κ2) is 4.06. The molecule has 0 N–H and O–H groups in total. The Hall–Kier alpha value is -1.92. The van der Waals surface area contributed by atoms with Gasteiger partial charge in [0.05, 0.1) is 0 Å². The quantitative estimate of drug-likeness (QED) is 0.489. The monoisotopic (exact) mass is 152 g/mol. The van der Waals surface area contributed by atoms with Crippen LogP contribution in [0.4, 0.5) is 0 Å². The molecule has 0 spiro atoms. The molecule has 56 valence electrons. The summed E-state index contributed by atoms with van der Waals surface area (Å²) in [5.74, 6) is 0. The van der Waals surface area contributed by atoms with E-state index in [1.165, 1.54) is 0 Å². The first-order valence-corrected chi connectivity index (χ1v) is 3.53. The van der Waals surface area contributed by atoms with Gasteiger partial charge in [-0.2, -0.15) is 0 Å². The standard InChI is InChI=1S/C12H8/c1-3-5-11-7-9-12(6-4-2)10-8-11/h7-10H,1-2H2. The zero-order valence-corrected chi connectivity index (χ0v) is 6.72. The van der Waals surface area contributed by atoms with Crippen LogP contribution in [0.15, 0.2) is 48.9 Å². The van der Waals surface area contributed by atoms with Gasteiger partial charge in [-0.05, 0) is 37.4 Å². The third-order valence-electron chi connectivity index (χ3n) is 1.35. The molecule has 0 fully saturated rings. The Morgan fingerprint density at radius 2 is 1.08 bits per heavy atom. The number of rotatable bonds is 0. The van der Waals surface area contributed by atoms with Crippen LogP contribution in [0.1, 0.15) is 0 Å². The summed E-state index contributed by atoms with van der Waals surface area (Å²) in [5, 5.41) is 1.92. The Labute approximate surface area is 71.5 Å². The van der Waals surface area contributed by atoms with Gasteiger partial charge in [0.2, 0.25) is 0 Å². The van der Waals surface area contributed by atoms with Crippen LogP contribution in [0.2, 0.25) is 0 Å². The fraction of sp³-hybridized carbons (Fsp3) is 0. The normalized spacial score (nSPS) is 7.33. The molecule has 0 saturated carbocycles. The lowest BCUT2D eigenvalue weighted by atomic mass is 10.3. The second-order valence-electron chi connectivity index (χ2n) is 2.18. The number of benzene rings is 1. The summed E-state index contributed by atoms with van der Waals surface area (Å²) in [6.45, 7) is 6.88. The molecule has 0 heteroatoms. The van der Waals surface area contributed by atoms with E-state index in [1.807, 2.05) is 24.3 Å². The van der Waals surface area contributed by atoms with E-state index in [-0.39, 0.29) is 0 Å². The van der Waals surface area contributed by atoms with Crippen molar-refractivity contribution in [2.75, 3.05) is 0 Å². The highest BCUT2D eigenvalue weighted by molar-refractivity contribution is 5.24. The number of hydrogen-bond donors (Lipinski definition) is 0. The molecule has 0 radical (unpaired) electrons. The molecule has 0 aliphatic heterocycles. The maximum Gasteiger partial charge on any atom is 0.0249 e. The Morgan fingerprint density at radius 3 is 1.33 bits per heavy atom.